The third kappa shape index (κ3) is 2.96. The second-order valence-corrected chi connectivity index (χ2v) is 5.86. The average Bonchev–Trinajstić information content (AvgIpc) is 2.47. The van der Waals surface area contributed by atoms with E-state index in [0.717, 1.165) is 5.69 Å². The number of halogens is 1. The first kappa shape index (κ1) is 13.4. The Balaban J connectivity index is 1.78. The van der Waals surface area contributed by atoms with Crippen molar-refractivity contribution in [3.63, 3.8) is 0 Å². The third-order valence-corrected chi connectivity index (χ3v) is 4.19. The Morgan fingerprint density at radius 3 is 2.70 bits per heavy atom. The van der Waals surface area contributed by atoms with Gasteiger partial charge in [-0.05, 0) is 61.4 Å². The Labute approximate surface area is 125 Å². The molecule has 0 radical (unpaired) electrons. The Kier molecular flexibility index (Phi) is 3.93. The molecule has 1 unspecified atom stereocenters. The summed E-state index contributed by atoms with van der Waals surface area (Å²) in [5, 5.41) is 4.00. The Hall–Kier alpha value is -1.54. The van der Waals surface area contributed by atoms with Gasteiger partial charge >= 0.3 is 0 Å². The van der Waals surface area contributed by atoms with E-state index in [9.17, 15) is 0 Å². The van der Waals surface area contributed by atoms with Crippen LogP contribution in [0, 0.1) is 0 Å². The zero-order valence-corrected chi connectivity index (χ0v) is 12.5. The molecule has 1 aromatic heterocycles. The highest BCUT2D eigenvalue weighted by atomic mass is 35.5. The van der Waals surface area contributed by atoms with Crippen LogP contribution in [-0.2, 0) is 12.8 Å². The van der Waals surface area contributed by atoms with Gasteiger partial charge in [0.1, 0.15) is 5.15 Å². The molecule has 0 fully saturated rings. The van der Waals surface area contributed by atoms with Crippen LogP contribution in [0.3, 0.4) is 0 Å². The van der Waals surface area contributed by atoms with Crippen LogP contribution in [0.15, 0.2) is 36.5 Å². The molecule has 1 heterocycles. The van der Waals surface area contributed by atoms with E-state index in [1.54, 1.807) is 6.20 Å². The van der Waals surface area contributed by atoms with Crippen LogP contribution in [0.2, 0.25) is 5.15 Å². The molecule has 0 aliphatic heterocycles. The number of aromatic nitrogens is 1. The summed E-state index contributed by atoms with van der Waals surface area (Å²) in [6, 6.07) is 11.0. The summed E-state index contributed by atoms with van der Waals surface area (Å²) in [6.45, 7) is 2.18. The maximum absolute atomic E-state index is 5.92. The lowest BCUT2D eigenvalue weighted by Gasteiger charge is -2.20. The number of nitrogens with one attached hydrogen (secondary N) is 1. The zero-order chi connectivity index (χ0) is 13.9. The van der Waals surface area contributed by atoms with E-state index in [1.165, 1.54) is 42.4 Å². The summed E-state index contributed by atoms with van der Waals surface area (Å²) < 4.78 is 0. The molecule has 20 heavy (non-hydrogen) atoms. The topological polar surface area (TPSA) is 24.9 Å². The predicted octanol–water partition coefficient (Wildman–Crippen LogP) is 4.79. The number of aryl methyl sites for hydroxylation is 2. The van der Waals surface area contributed by atoms with Gasteiger partial charge in [-0.1, -0.05) is 29.8 Å². The van der Waals surface area contributed by atoms with Crippen LogP contribution in [0.4, 0.5) is 5.69 Å². The number of anilines is 1. The third-order valence-electron chi connectivity index (χ3n) is 3.98. The van der Waals surface area contributed by atoms with Gasteiger partial charge in [0.2, 0.25) is 0 Å². The summed E-state index contributed by atoms with van der Waals surface area (Å²) in [5.74, 6) is 0. The second-order valence-electron chi connectivity index (χ2n) is 5.47. The van der Waals surface area contributed by atoms with Crippen molar-refractivity contribution in [3.05, 3.63) is 58.4 Å². The number of rotatable bonds is 3. The monoisotopic (exact) mass is 286 g/mol. The standard InChI is InChI=1S/C17H19ClN2/c1-12(20-16-8-9-19-17(18)11-16)14-7-6-13-4-2-3-5-15(13)10-14/h6-12H,2-5H2,1H3,(H,19,20). The van der Waals surface area contributed by atoms with E-state index in [4.69, 9.17) is 11.6 Å². The minimum Gasteiger partial charge on any atom is -0.378 e. The van der Waals surface area contributed by atoms with Gasteiger partial charge in [0.25, 0.3) is 0 Å². The highest BCUT2D eigenvalue weighted by Crippen LogP contribution is 2.26. The summed E-state index contributed by atoms with van der Waals surface area (Å²) in [5.41, 5.74) is 5.39. The lowest BCUT2D eigenvalue weighted by Crippen LogP contribution is -2.09. The van der Waals surface area contributed by atoms with Crippen LogP contribution in [0.1, 0.15) is 42.5 Å². The molecule has 3 heteroatoms. The molecule has 0 bridgehead atoms. The van der Waals surface area contributed by atoms with E-state index >= 15 is 0 Å². The first-order chi connectivity index (χ1) is 9.72. The molecule has 104 valence electrons. The van der Waals surface area contributed by atoms with E-state index in [-0.39, 0.29) is 6.04 Å². The molecule has 0 saturated heterocycles. The molecule has 0 saturated carbocycles. The summed E-state index contributed by atoms with van der Waals surface area (Å²) in [4.78, 5) is 4.00. The lowest BCUT2D eigenvalue weighted by atomic mass is 9.89. The molecule has 1 N–H and O–H groups in total. The molecule has 1 aromatic carbocycles. The number of fused-ring (bicyclic) bond motifs is 1. The zero-order valence-electron chi connectivity index (χ0n) is 11.7. The van der Waals surface area contributed by atoms with Crippen molar-refractivity contribution in [1.29, 1.82) is 0 Å². The van der Waals surface area contributed by atoms with Crippen LogP contribution in [-0.4, -0.2) is 4.98 Å². The largest absolute Gasteiger partial charge is 0.378 e. The molecule has 2 aromatic rings. The quantitative estimate of drug-likeness (QED) is 0.821. The SMILES string of the molecule is CC(Nc1ccnc(Cl)c1)c1ccc2c(c1)CCCC2. The first-order valence-electron chi connectivity index (χ1n) is 7.22. The van der Waals surface area contributed by atoms with Gasteiger partial charge in [-0.25, -0.2) is 4.98 Å². The predicted molar refractivity (Wildman–Crippen MR) is 84.4 cm³/mol. The van der Waals surface area contributed by atoms with Crippen molar-refractivity contribution in [2.75, 3.05) is 5.32 Å². The molecule has 1 atom stereocenters. The van der Waals surface area contributed by atoms with Gasteiger partial charge in [0, 0.05) is 17.9 Å². The molecular formula is C17H19ClN2. The summed E-state index contributed by atoms with van der Waals surface area (Å²) >= 11 is 5.92. The van der Waals surface area contributed by atoms with Crippen LogP contribution in [0.5, 0.6) is 0 Å². The number of pyridine rings is 1. The lowest BCUT2D eigenvalue weighted by molar-refractivity contribution is 0.683. The molecule has 1 aliphatic carbocycles. The van der Waals surface area contributed by atoms with Gasteiger partial charge < -0.3 is 5.32 Å². The Bertz CT molecular complexity index is 610. The van der Waals surface area contributed by atoms with Crippen molar-refractivity contribution >= 4 is 17.3 Å². The van der Waals surface area contributed by atoms with Gasteiger partial charge in [0.15, 0.2) is 0 Å². The molecule has 3 rings (SSSR count). The fourth-order valence-electron chi connectivity index (χ4n) is 2.85. The first-order valence-corrected chi connectivity index (χ1v) is 7.60. The Morgan fingerprint density at radius 2 is 1.90 bits per heavy atom. The van der Waals surface area contributed by atoms with Crippen molar-refractivity contribution in [2.24, 2.45) is 0 Å². The number of benzene rings is 1. The highest BCUT2D eigenvalue weighted by Gasteiger charge is 2.12. The van der Waals surface area contributed by atoms with Gasteiger partial charge in [-0.3, -0.25) is 0 Å². The number of hydrogen-bond acceptors (Lipinski definition) is 2. The van der Waals surface area contributed by atoms with Gasteiger partial charge in [-0.15, -0.1) is 0 Å². The van der Waals surface area contributed by atoms with Crippen LogP contribution < -0.4 is 5.32 Å². The fourth-order valence-corrected chi connectivity index (χ4v) is 3.02. The van der Waals surface area contributed by atoms with E-state index in [2.05, 4.69) is 35.4 Å². The average molecular weight is 287 g/mol. The normalized spacial score (nSPS) is 15.5. The highest BCUT2D eigenvalue weighted by molar-refractivity contribution is 6.29. The molecular weight excluding hydrogens is 268 g/mol. The van der Waals surface area contributed by atoms with Gasteiger partial charge in [0.05, 0.1) is 0 Å². The van der Waals surface area contributed by atoms with Crippen molar-refractivity contribution in [2.45, 2.75) is 38.6 Å². The van der Waals surface area contributed by atoms with Crippen LogP contribution >= 0.6 is 11.6 Å². The van der Waals surface area contributed by atoms with Crippen LogP contribution in [0.25, 0.3) is 0 Å². The summed E-state index contributed by atoms with van der Waals surface area (Å²) in [6.07, 6.45) is 6.83. The van der Waals surface area contributed by atoms with Crippen molar-refractivity contribution in [3.8, 4) is 0 Å². The maximum atomic E-state index is 5.92. The molecule has 1 aliphatic rings. The molecule has 0 amide bonds. The number of nitrogens with zero attached hydrogens (tertiary/aromatic N) is 1. The van der Waals surface area contributed by atoms with Crippen molar-refractivity contribution < 1.29 is 0 Å². The van der Waals surface area contributed by atoms with E-state index < -0.39 is 0 Å². The minimum absolute atomic E-state index is 0.265. The molecule has 0 spiro atoms. The van der Waals surface area contributed by atoms with Gasteiger partial charge in [-0.2, -0.15) is 0 Å². The second kappa shape index (κ2) is 5.84. The molecule has 2 nitrogen and oxygen atoms in total. The maximum Gasteiger partial charge on any atom is 0.131 e. The smallest absolute Gasteiger partial charge is 0.131 e. The number of hydrogen-bond donors (Lipinski definition) is 1. The summed E-state index contributed by atoms with van der Waals surface area (Å²) in [7, 11) is 0. The fraction of sp³-hybridized carbons (Fsp3) is 0.353. The minimum atomic E-state index is 0.265. The Morgan fingerprint density at radius 1 is 1.10 bits per heavy atom. The van der Waals surface area contributed by atoms with Crippen molar-refractivity contribution in [1.82, 2.24) is 4.98 Å². The van der Waals surface area contributed by atoms with E-state index in [1.807, 2.05) is 12.1 Å². The van der Waals surface area contributed by atoms with E-state index in [0.29, 0.717) is 5.15 Å².